The van der Waals surface area contributed by atoms with E-state index in [9.17, 15) is 9.59 Å². The number of amides is 2. The minimum atomic E-state index is -0.723. The summed E-state index contributed by atoms with van der Waals surface area (Å²) in [6, 6.07) is 5.79. The largest absolute Gasteiger partial charge is 0.383 e. The van der Waals surface area contributed by atoms with Crippen molar-refractivity contribution in [3.8, 4) is 0 Å². The molecule has 0 radical (unpaired) electrons. The van der Waals surface area contributed by atoms with Crippen molar-refractivity contribution in [1.82, 2.24) is 29.4 Å². The number of nitrogens with zero attached hydrogens (tertiary/aromatic N) is 6. The van der Waals surface area contributed by atoms with E-state index < -0.39 is 11.8 Å². The lowest BCUT2D eigenvalue weighted by Gasteiger charge is -2.38. The molecule has 0 spiro atoms. The molecule has 2 amide bonds. The van der Waals surface area contributed by atoms with Crippen molar-refractivity contribution >= 4 is 45.1 Å². The Hall–Kier alpha value is -3.99. The van der Waals surface area contributed by atoms with Gasteiger partial charge in [0.05, 0.1) is 35.0 Å². The normalized spacial score (nSPS) is 22.2. The molecule has 3 N–H and O–H groups in total. The molecule has 5 heterocycles. The number of carbonyl (C=O) groups excluding carboxylic acids is 2. The van der Waals surface area contributed by atoms with Crippen LogP contribution in [0.15, 0.2) is 36.8 Å². The van der Waals surface area contributed by atoms with Crippen LogP contribution in [0.1, 0.15) is 56.9 Å². The minimum Gasteiger partial charge on any atom is -0.383 e. The zero-order valence-corrected chi connectivity index (χ0v) is 21.6. The highest BCUT2D eigenvalue weighted by molar-refractivity contribution is 6.40. The van der Waals surface area contributed by atoms with Gasteiger partial charge in [0.25, 0.3) is 0 Å². The Morgan fingerprint density at radius 1 is 1.13 bits per heavy atom. The standard InChI is InChI=1S/C27H32N8O3/c1-16-9-10-22(17-6-5-7-21-18(17)12-30-33(21)2)34(14-16)27(37)26(36)31-20-13-29-25(28)19-15-35(32-24(19)20)23-8-3-4-11-38-23/h5-7,12-13,15-16,22-23H,3-4,8-11,14H2,1-2H3,(H2,28,29)(H,31,36). The first-order chi connectivity index (χ1) is 18.4. The highest BCUT2D eigenvalue weighted by atomic mass is 16.5. The van der Waals surface area contributed by atoms with Crippen LogP contribution in [0.5, 0.6) is 0 Å². The molecule has 6 rings (SSSR count). The maximum absolute atomic E-state index is 13.6. The molecule has 11 nitrogen and oxygen atoms in total. The number of nitrogens with two attached hydrogens (primary N) is 1. The summed E-state index contributed by atoms with van der Waals surface area (Å²) in [5, 5.41) is 13.4. The van der Waals surface area contributed by atoms with Gasteiger partial charge in [-0.05, 0) is 49.7 Å². The van der Waals surface area contributed by atoms with Gasteiger partial charge < -0.3 is 20.7 Å². The van der Waals surface area contributed by atoms with Gasteiger partial charge in [-0.3, -0.25) is 14.3 Å². The fourth-order valence-corrected chi connectivity index (χ4v) is 5.71. The van der Waals surface area contributed by atoms with Gasteiger partial charge in [-0.2, -0.15) is 10.2 Å². The third-order valence-corrected chi connectivity index (χ3v) is 7.75. The summed E-state index contributed by atoms with van der Waals surface area (Å²) in [4.78, 5) is 32.9. The molecule has 3 atom stereocenters. The Bertz CT molecular complexity index is 1520. The first kappa shape index (κ1) is 24.4. The van der Waals surface area contributed by atoms with Crippen LogP contribution in [0.3, 0.4) is 0 Å². The number of carbonyl (C=O) groups is 2. The van der Waals surface area contributed by atoms with Gasteiger partial charge in [0.2, 0.25) is 0 Å². The molecule has 0 aliphatic carbocycles. The molecule has 2 saturated heterocycles. The average molecular weight is 517 g/mol. The minimum absolute atomic E-state index is 0.188. The molecule has 4 aromatic rings. The number of nitrogen functional groups attached to an aromatic ring is 1. The lowest BCUT2D eigenvalue weighted by atomic mass is 9.88. The van der Waals surface area contributed by atoms with Crippen molar-refractivity contribution in [2.45, 2.75) is 51.3 Å². The summed E-state index contributed by atoms with van der Waals surface area (Å²) in [6.07, 6.45) is 9.55. The number of aryl methyl sites for hydroxylation is 1. The number of hydrogen-bond donors (Lipinski definition) is 2. The van der Waals surface area contributed by atoms with E-state index in [1.54, 1.807) is 15.8 Å². The maximum atomic E-state index is 13.6. The Morgan fingerprint density at radius 2 is 2.00 bits per heavy atom. The van der Waals surface area contributed by atoms with E-state index in [-0.39, 0.29) is 18.2 Å². The number of benzene rings is 1. The summed E-state index contributed by atoms with van der Waals surface area (Å²) in [5.74, 6) is -0.714. The molecule has 2 fully saturated rings. The number of fused-ring (bicyclic) bond motifs is 2. The highest BCUT2D eigenvalue weighted by Crippen LogP contribution is 2.37. The third-order valence-electron chi connectivity index (χ3n) is 7.75. The molecule has 2 aliphatic rings. The SMILES string of the molecule is CC1CCC(c2cccc3c2cnn3C)N(C(=O)C(=O)Nc2cnc(N)c3cn(C4CCCCO4)nc23)C1. The molecular weight excluding hydrogens is 484 g/mol. The van der Waals surface area contributed by atoms with E-state index in [2.05, 4.69) is 27.4 Å². The van der Waals surface area contributed by atoms with Crippen LogP contribution in [-0.4, -0.2) is 54.4 Å². The number of anilines is 2. The topological polar surface area (TPSA) is 133 Å². The van der Waals surface area contributed by atoms with Crippen LogP contribution in [0.2, 0.25) is 0 Å². The molecule has 198 valence electrons. The molecule has 0 saturated carbocycles. The van der Waals surface area contributed by atoms with Crippen LogP contribution < -0.4 is 11.1 Å². The molecular formula is C27H32N8O3. The van der Waals surface area contributed by atoms with Crippen LogP contribution >= 0.6 is 0 Å². The van der Waals surface area contributed by atoms with Crippen molar-refractivity contribution < 1.29 is 14.3 Å². The zero-order valence-electron chi connectivity index (χ0n) is 21.6. The van der Waals surface area contributed by atoms with Gasteiger partial charge in [0.15, 0.2) is 0 Å². The predicted molar refractivity (Wildman–Crippen MR) is 143 cm³/mol. The van der Waals surface area contributed by atoms with E-state index in [0.717, 1.165) is 48.6 Å². The predicted octanol–water partition coefficient (Wildman–Crippen LogP) is 3.54. The second-order valence-electron chi connectivity index (χ2n) is 10.4. The van der Waals surface area contributed by atoms with Crippen molar-refractivity contribution in [2.75, 3.05) is 24.2 Å². The quantitative estimate of drug-likeness (QED) is 0.398. The summed E-state index contributed by atoms with van der Waals surface area (Å²) in [5.41, 5.74) is 8.95. The fourth-order valence-electron chi connectivity index (χ4n) is 5.71. The lowest BCUT2D eigenvalue weighted by Crippen LogP contribution is -2.46. The number of aromatic nitrogens is 5. The van der Waals surface area contributed by atoms with Gasteiger partial charge in [0.1, 0.15) is 17.6 Å². The maximum Gasteiger partial charge on any atom is 0.314 e. The third kappa shape index (κ3) is 4.26. The molecule has 38 heavy (non-hydrogen) atoms. The molecule has 3 aromatic heterocycles. The lowest BCUT2D eigenvalue weighted by molar-refractivity contribution is -0.146. The summed E-state index contributed by atoms with van der Waals surface area (Å²) < 4.78 is 9.40. The molecule has 0 bridgehead atoms. The molecule has 2 aliphatic heterocycles. The smallest absolute Gasteiger partial charge is 0.314 e. The highest BCUT2D eigenvalue weighted by Gasteiger charge is 2.35. The van der Waals surface area contributed by atoms with Crippen LogP contribution in [0.4, 0.5) is 11.5 Å². The number of ether oxygens (including phenoxy) is 1. The van der Waals surface area contributed by atoms with Gasteiger partial charge >= 0.3 is 11.8 Å². The van der Waals surface area contributed by atoms with Gasteiger partial charge in [-0.15, -0.1) is 0 Å². The van der Waals surface area contributed by atoms with Crippen molar-refractivity contribution in [1.29, 1.82) is 0 Å². The first-order valence-electron chi connectivity index (χ1n) is 13.2. The Labute approximate surface area is 219 Å². The second-order valence-corrected chi connectivity index (χ2v) is 10.4. The van der Waals surface area contributed by atoms with Gasteiger partial charge in [-0.1, -0.05) is 19.1 Å². The number of hydrogen-bond acceptors (Lipinski definition) is 7. The molecule has 11 heteroatoms. The van der Waals surface area contributed by atoms with Crippen molar-refractivity contribution in [2.24, 2.45) is 13.0 Å². The van der Waals surface area contributed by atoms with E-state index in [1.165, 1.54) is 6.20 Å². The Morgan fingerprint density at radius 3 is 2.82 bits per heavy atom. The van der Waals surface area contributed by atoms with Gasteiger partial charge in [0, 0.05) is 31.8 Å². The Balaban J connectivity index is 1.29. The summed E-state index contributed by atoms with van der Waals surface area (Å²) in [6.45, 7) is 3.28. The molecule has 1 aromatic carbocycles. The summed E-state index contributed by atoms with van der Waals surface area (Å²) >= 11 is 0. The van der Waals surface area contributed by atoms with Crippen molar-refractivity contribution in [3.05, 3.63) is 42.4 Å². The van der Waals surface area contributed by atoms with E-state index in [0.29, 0.717) is 35.6 Å². The van der Waals surface area contributed by atoms with Crippen LogP contribution in [-0.2, 0) is 21.4 Å². The van der Waals surface area contributed by atoms with Gasteiger partial charge in [-0.25, -0.2) is 9.67 Å². The zero-order chi connectivity index (χ0) is 26.4. The monoisotopic (exact) mass is 516 g/mol. The number of likely N-dealkylation sites (tertiary alicyclic amines) is 1. The van der Waals surface area contributed by atoms with E-state index >= 15 is 0 Å². The van der Waals surface area contributed by atoms with Crippen molar-refractivity contribution in [3.63, 3.8) is 0 Å². The van der Waals surface area contributed by atoms with Crippen LogP contribution in [0, 0.1) is 5.92 Å². The fraction of sp³-hybridized carbons (Fsp3) is 0.444. The molecule has 3 unspecified atom stereocenters. The number of rotatable bonds is 3. The average Bonchev–Trinajstić information content (AvgIpc) is 3.56. The summed E-state index contributed by atoms with van der Waals surface area (Å²) in [7, 11) is 1.90. The van der Waals surface area contributed by atoms with E-state index in [1.807, 2.05) is 36.1 Å². The number of piperidine rings is 1. The second kappa shape index (κ2) is 9.71. The first-order valence-corrected chi connectivity index (χ1v) is 13.2. The van der Waals surface area contributed by atoms with E-state index in [4.69, 9.17) is 10.5 Å². The number of pyridine rings is 1. The van der Waals surface area contributed by atoms with Crippen LogP contribution in [0.25, 0.3) is 21.8 Å². The Kier molecular flexibility index (Phi) is 6.22. The number of nitrogens with one attached hydrogen (secondary N) is 1.